The molecule has 1 saturated heterocycles. The molecule has 1 amide bonds. The van der Waals surface area contributed by atoms with Gasteiger partial charge in [-0.25, -0.2) is 0 Å². The second-order valence-corrected chi connectivity index (χ2v) is 7.80. The molecule has 0 bridgehead atoms. The Labute approximate surface area is 134 Å². The van der Waals surface area contributed by atoms with E-state index in [1.807, 2.05) is 4.90 Å². The van der Waals surface area contributed by atoms with Crippen LogP contribution in [0.3, 0.4) is 0 Å². The molecule has 4 nitrogen and oxygen atoms in total. The first-order valence-corrected chi connectivity index (χ1v) is 8.91. The summed E-state index contributed by atoms with van der Waals surface area (Å²) in [6.45, 7) is 5.40. The van der Waals surface area contributed by atoms with Gasteiger partial charge in [-0.1, -0.05) is 26.7 Å². The monoisotopic (exact) mass is 309 g/mol. The molecule has 0 radical (unpaired) electrons. The molecule has 0 aromatic carbocycles. The van der Waals surface area contributed by atoms with Gasteiger partial charge >= 0.3 is 5.97 Å². The average Bonchev–Trinajstić information content (AvgIpc) is 2.47. The van der Waals surface area contributed by atoms with Crippen molar-refractivity contribution in [3.05, 3.63) is 0 Å². The van der Waals surface area contributed by atoms with E-state index in [1.165, 1.54) is 19.3 Å². The SMILES string of the molecule is CC1(C)CCCCC1CC(=O)N1CCCCC1CCC(=O)O. The van der Waals surface area contributed by atoms with Crippen molar-refractivity contribution < 1.29 is 14.7 Å². The lowest BCUT2D eigenvalue weighted by Gasteiger charge is -2.41. The van der Waals surface area contributed by atoms with Gasteiger partial charge in [-0.3, -0.25) is 9.59 Å². The maximum Gasteiger partial charge on any atom is 0.303 e. The zero-order valence-electron chi connectivity index (χ0n) is 14.1. The summed E-state index contributed by atoms with van der Waals surface area (Å²) in [5.41, 5.74) is 0.264. The van der Waals surface area contributed by atoms with Crippen molar-refractivity contribution in [1.29, 1.82) is 0 Å². The van der Waals surface area contributed by atoms with Crippen LogP contribution in [0, 0.1) is 11.3 Å². The number of carbonyl (C=O) groups excluding carboxylic acids is 1. The Kier molecular flexibility index (Phi) is 5.87. The number of hydrogen-bond acceptors (Lipinski definition) is 2. The molecule has 2 fully saturated rings. The van der Waals surface area contributed by atoms with Crippen molar-refractivity contribution in [2.45, 2.75) is 84.1 Å². The highest BCUT2D eigenvalue weighted by molar-refractivity contribution is 5.77. The molecule has 2 unspecified atom stereocenters. The molecule has 0 aromatic rings. The molecule has 2 aliphatic rings. The molecule has 1 aliphatic heterocycles. The zero-order chi connectivity index (χ0) is 16.2. The van der Waals surface area contributed by atoms with E-state index in [0.717, 1.165) is 32.2 Å². The quantitative estimate of drug-likeness (QED) is 0.839. The third-order valence-corrected chi connectivity index (χ3v) is 5.79. The second kappa shape index (κ2) is 7.47. The molecular formula is C18H31NO3. The van der Waals surface area contributed by atoms with E-state index in [4.69, 9.17) is 5.11 Å². The van der Waals surface area contributed by atoms with Crippen molar-refractivity contribution in [1.82, 2.24) is 4.90 Å². The molecule has 1 N–H and O–H groups in total. The summed E-state index contributed by atoms with van der Waals surface area (Å²) in [6.07, 6.45) is 9.46. The average molecular weight is 309 g/mol. The smallest absolute Gasteiger partial charge is 0.303 e. The first-order valence-electron chi connectivity index (χ1n) is 8.91. The number of carbonyl (C=O) groups is 2. The van der Waals surface area contributed by atoms with E-state index in [2.05, 4.69) is 13.8 Å². The molecule has 0 spiro atoms. The van der Waals surface area contributed by atoms with Gasteiger partial charge in [0.15, 0.2) is 0 Å². The Bertz CT molecular complexity index is 405. The van der Waals surface area contributed by atoms with Crippen LogP contribution in [0.15, 0.2) is 0 Å². The van der Waals surface area contributed by atoms with Crippen LogP contribution >= 0.6 is 0 Å². The maximum absolute atomic E-state index is 12.8. The Morgan fingerprint density at radius 1 is 1.14 bits per heavy atom. The predicted octanol–water partition coefficient (Wildman–Crippen LogP) is 3.84. The van der Waals surface area contributed by atoms with E-state index in [-0.39, 0.29) is 23.8 Å². The number of nitrogens with zero attached hydrogens (tertiary/aromatic N) is 1. The van der Waals surface area contributed by atoms with Crippen LogP contribution in [0.4, 0.5) is 0 Å². The van der Waals surface area contributed by atoms with Crippen LogP contribution in [-0.4, -0.2) is 34.5 Å². The van der Waals surface area contributed by atoms with Crippen LogP contribution < -0.4 is 0 Å². The van der Waals surface area contributed by atoms with E-state index in [9.17, 15) is 9.59 Å². The molecule has 126 valence electrons. The van der Waals surface area contributed by atoms with Gasteiger partial charge in [0.1, 0.15) is 0 Å². The first-order chi connectivity index (χ1) is 10.4. The van der Waals surface area contributed by atoms with Gasteiger partial charge in [0.05, 0.1) is 0 Å². The van der Waals surface area contributed by atoms with E-state index >= 15 is 0 Å². The van der Waals surface area contributed by atoms with Gasteiger partial charge in [-0.2, -0.15) is 0 Å². The Morgan fingerprint density at radius 3 is 2.55 bits per heavy atom. The fraction of sp³-hybridized carbons (Fsp3) is 0.889. The van der Waals surface area contributed by atoms with Crippen LogP contribution in [-0.2, 0) is 9.59 Å². The topological polar surface area (TPSA) is 57.6 Å². The number of rotatable bonds is 5. The van der Waals surface area contributed by atoms with Crippen LogP contribution in [0.2, 0.25) is 0 Å². The minimum absolute atomic E-state index is 0.143. The number of likely N-dealkylation sites (tertiary alicyclic amines) is 1. The molecule has 1 heterocycles. The summed E-state index contributed by atoms with van der Waals surface area (Å²) in [4.78, 5) is 25.6. The molecule has 2 atom stereocenters. The van der Waals surface area contributed by atoms with Crippen molar-refractivity contribution >= 4 is 11.9 Å². The van der Waals surface area contributed by atoms with Gasteiger partial charge in [-0.05, 0) is 49.9 Å². The predicted molar refractivity (Wildman–Crippen MR) is 86.6 cm³/mol. The molecular weight excluding hydrogens is 278 g/mol. The van der Waals surface area contributed by atoms with Gasteiger partial charge in [0, 0.05) is 25.4 Å². The number of carboxylic acids is 1. The fourth-order valence-electron chi connectivity index (χ4n) is 4.19. The molecule has 0 aromatic heterocycles. The summed E-state index contributed by atoms with van der Waals surface area (Å²) in [5, 5.41) is 8.90. The summed E-state index contributed by atoms with van der Waals surface area (Å²) < 4.78 is 0. The third-order valence-electron chi connectivity index (χ3n) is 5.79. The van der Waals surface area contributed by atoms with Crippen LogP contribution in [0.1, 0.15) is 78.1 Å². The normalized spacial score (nSPS) is 28.4. The molecule has 4 heteroatoms. The summed E-state index contributed by atoms with van der Waals surface area (Å²) in [7, 11) is 0. The zero-order valence-corrected chi connectivity index (χ0v) is 14.1. The van der Waals surface area contributed by atoms with Crippen molar-refractivity contribution in [3.63, 3.8) is 0 Å². The summed E-state index contributed by atoms with van der Waals surface area (Å²) in [6, 6.07) is 0.143. The molecule has 2 rings (SSSR count). The number of amides is 1. The largest absolute Gasteiger partial charge is 0.481 e. The Balaban J connectivity index is 1.94. The van der Waals surface area contributed by atoms with Crippen molar-refractivity contribution in [2.24, 2.45) is 11.3 Å². The highest BCUT2D eigenvalue weighted by Gasteiger charge is 2.36. The number of hydrogen-bond donors (Lipinski definition) is 1. The fourth-order valence-corrected chi connectivity index (χ4v) is 4.19. The lowest BCUT2D eigenvalue weighted by molar-refractivity contribution is -0.141. The lowest BCUT2D eigenvalue weighted by Crippen LogP contribution is -2.45. The summed E-state index contributed by atoms with van der Waals surface area (Å²) >= 11 is 0. The number of carboxylic acid groups (broad SMARTS) is 1. The highest BCUT2D eigenvalue weighted by Crippen LogP contribution is 2.42. The minimum Gasteiger partial charge on any atom is -0.481 e. The molecule has 1 saturated carbocycles. The van der Waals surface area contributed by atoms with E-state index in [0.29, 0.717) is 18.8 Å². The van der Waals surface area contributed by atoms with E-state index < -0.39 is 5.97 Å². The van der Waals surface area contributed by atoms with Crippen LogP contribution in [0.5, 0.6) is 0 Å². The number of aliphatic carboxylic acids is 1. The second-order valence-electron chi connectivity index (χ2n) is 7.80. The standard InChI is InChI=1S/C18H31NO3/c1-18(2)11-5-3-7-14(18)13-16(20)19-12-6-4-8-15(19)9-10-17(21)22/h14-15H,3-13H2,1-2H3,(H,21,22). The lowest BCUT2D eigenvalue weighted by atomic mass is 9.67. The summed E-state index contributed by atoms with van der Waals surface area (Å²) in [5.74, 6) is -0.0164. The minimum atomic E-state index is -0.758. The Hall–Kier alpha value is -1.06. The maximum atomic E-state index is 12.8. The van der Waals surface area contributed by atoms with Gasteiger partial charge in [0.2, 0.25) is 5.91 Å². The van der Waals surface area contributed by atoms with Gasteiger partial charge in [-0.15, -0.1) is 0 Å². The van der Waals surface area contributed by atoms with E-state index in [1.54, 1.807) is 0 Å². The number of piperidine rings is 1. The van der Waals surface area contributed by atoms with Gasteiger partial charge in [0.25, 0.3) is 0 Å². The third kappa shape index (κ3) is 4.47. The highest BCUT2D eigenvalue weighted by atomic mass is 16.4. The first kappa shape index (κ1) is 17.3. The van der Waals surface area contributed by atoms with Crippen molar-refractivity contribution in [2.75, 3.05) is 6.54 Å². The van der Waals surface area contributed by atoms with Crippen molar-refractivity contribution in [3.8, 4) is 0 Å². The molecule has 22 heavy (non-hydrogen) atoms. The Morgan fingerprint density at radius 2 is 1.86 bits per heavy atom. The molecule has 1 aliphatic carbocycles. The van der Waals surface area contributed by atoms with Crippen LogP contribution in [0.25, 0.3) is 0 Å². The van der Waals surface area contributed by atoms with Gasteiger partial charge < -0.3 is 10.0 Å².